The molecule has 2 aliphatic heterocycles. The molecule has 0 aliphatic carbocycles. The van der Waals surface area contributed by atoms with Gasteiger partial charge in [-0.25, -0.2) is 4.98 Å². The number of nitrogen functional groups attached to an aromatic ring is 1. The van der Waals surface area contributed by atoms with Gasteiger partial charge in [0.15, 0.2) is 17.7 Å². The van der Waals surface area contributed by atoms with E-state index in [9.17, 15) is 18.0 Å². The Hall–Kier alpha value is -2.98. The number of halogens is 4. The van der Waals surface area contributed by atoms with Crippen LogP contribution >= 0.6 is 63.7 Å². The number of carbonyl (C=O) groups is 2. The summed E-state index contributed by atoms with van der Waals surface area (Å²) in [5.41, 5.74) is 13.4. The summed E-state index contributed by atoms with van der Waals surface area (Å²) in [4.78, 5) is 50.3. The maximum Gasteiger partial charge on any atom is 0.270 e. The number of H-pyrrole nitrogens is 3. The Bertz CT molecular complexity index is 1810. The van der Waals surface area contributed by atoms with E-state index in [4.69, 9.17) is 16.0 Å². The highest BCUT2D eigenvalue weighted by Gasteiger charge is 2.46. The highest BCUT2D eigenvalue weighted by atomic mass is 79.9. The fourth-order valence-electron chi connectivity index (χ4n) is 5.11. The number of anilines is 1. The van der Waals surface area contributed by atoms with E-state index in [1.165, 1.54) is 0 Å². The summed E-state index contributed by atoms with van der Waals surface area (Å²) < 4.78 is 34.1. The second kappa shape index (κ2) is 13.4. The number of rotatable bonds is 9. The van der Waals surface area contributed by atoms with Crippen LogP contribution in [-0.2, 0) is 10.1 Å². The van der Waals surface area contributed by atoms with Crippen LogP contribution in [0, 0.1) is 11.8 Å². The summed E-state index contributed by atoms with van der Waals surface area (Å²) in [6.45, 7) is 0.0332. The lowest BCUT2D eigenvalue weighted by Crippen LogP contribution is -2.36. The second-order valence-electron chi connectivity index (χ2n) is 10.0. The number of hydrogen-bond acceptors (Lipinski definition) is 9. The summed E-state index contributed by atoms with van der Waals surface area (Å²) in [6, 6.07) is 2.66. The molecule has 5 heterocycles. The molecular weight excluding hydrogens is 874 g/mol. The van der Waals surface area contributed by atoms with Gasteiger partial charge in [0, 0.05) is 24.9 Å². The Morgan fingerprint density at radius 1 is 1.11 bits per heavy atom. The van der Waals surface area contributed by atoms with Crippen molar-refractivity contribution >= 4 is 103 Å². The molecule has 16 nitrogen and oxygen atoms in total. The number of nitrogens with zero attached hydrogens (tertiary/aromatic N) is 4. The largest absolute Gasteiger partial charge is 0.369 e. The van der Waals surface area contributed by atoms with Crippen LogP contribution < -0.4 is 22.1 Å². The van der Waals surface area contributed by atoms with E-state index in [1.54, 1.807) is 29.3 Å². The smallest absolute Gasteiger partial charge is 0.270 e. The average Bonchev–Trinajstić information content (AvgIpc) is 3.76. The number of nitrogens with two attached hydrogens (primary N) is 2. The predicted molar refractivity (Wildman–Crippen MR) is 180 cm³/mol. The van der Waals surface area contributed by atoms with Crippen molar-refractivity contribution in [1.82, 2.24) is 35.5 Å². The van der Waals surface area contributed by atoms with Gasteiger partial charge in [0.25, 0.3) is 21.9 Å². The minimum Gasteiger partial charge on any atom is -0.369 e. The molecule has 3 aromatic rings. The predicted octanol–water partition coefficient (Wildman–Crippen LogP) is 2.65. The first-order valence-electron chi connectivity index (χ1n) is 13.0. The number of guanidine groups is 1. The molecule has 240 valence electrons. The minimum absolute atomic E-state index is 0.0320. The van der Waals surface area contributed by atoms with E-state index in [1.807, 2.05) is 0 Å². The monoisotopic (exact) mass is 895 g/mol. The van der Waals surface area contributed by atoms with Crippen molar-refractivity contribution in [3.8, 4) is 0 Å². The number of aromatic nitrogens is 4. The average molecular weight is 899 g/mol. The number of aromatic amines is 3. The fourth-order valence-corrected chi connectivity index (χ4v) is 6.74. The zero-order valence-electron chi connectivity index (χ0n) is 22.8. The van der Waals surface area contributed by atoms with Gasteiger partial charge in [-0.05, 0) is 75.9 Å². The molecule has 0 saturated carbocycles. The maximum absolute atomic E-state index is 14.0. The van der Waals surface area contributed by atoms with E-state index < -0.39 is 33.7 Å². The summed E-state index contributed by atoms with van der Waals surface area (Å²) in [7, 11) is -4.25. The first-order chi connectivity index (χ1) is 21.2. The van der Waals surface area contributed by atoms with Crippen molar-refractivity contribution in [3.05, 3.63) is 65.3 Å². The van der Waals surface area contributed by atoms with Gasteiger partial charge in [0.1, 0.15) is 11.4 Å². The third kappa shape index (κ3) is 7.71. The number of aliphatic imine (C=N–C) groups is 2. The summed E-state index contributed by atoms with van der Waals surface area (Å²) in [5.74, 6) is -1.87. The molecule has 3 aromatic heterocycles. The lowest BCUT2D eigenvalue weighted by Gasteiger charge is -2.27. The molecule has 3 atom stereocenters. The number of likely N-dealkylation sites (tertiary alicyclic amines) is 1. The number of carbonyl (C=O) groups excluding carboxylic acids is 2. The molecule has 45 heavy (non-hydrogen) atoms. The van der Waals surface area contributed by atoms with Crippen LogP contribution in [0.25, 0.3) is 0 Å². The van der Waals surface area contributed by atoms with Crippen molar-refractivity contribution in [2.24, 2.45) is 27.6 Å². The number of nitrogens with one attached hydrogen (secondary N) is 5. The lowest BCUT2D eigenvalue weighted by atomic mass is 9.88. The molecule has 5 rings (SSSR count). The molecule has 0 spiro atoms. The molecule has 0 unspecified atom stereocenters. The van der Waals surface area contributed by atoms with Crippen LogP contribution in [0.15, 0.2) is 58.2 Å². The van der Waals surface area contributed by atoms with Crippen LogP contribution in [0.4, 0.5) is 5.95 Å². The summed E-state index contributed by atoms with van der Waals surface area (Å²) in [5, 5.41) is 5.89. The molecule has 1 fully saturated rings. The Labute approximate surface area is 289 Å². The first kappa shape index (κ1) is 33.4. The van der Waals surface area contributed by atoms with E-state index in [0.29, 0.717) is 40.9 Å². The van der Waals surface area contributed by atoms with Gasteiger partial charge in [0.2, 0.25) is 0 Å². The normalized spacial score (nSPS) is 21.8. The van der Waals surface area contributed by atoms with Crippen molar-refractivity contribution in [1.29, 1.82) is 0 Å². The number of imidazole rings is 1. The zero-order valence-corrected chi connectivity index (χ0v) is 30.0. The lowest BCUT2D eigenvalue weighted by molar-refractivity contribution is 0.0707. The van der Waals surface area contributed by atoms with Gasteiger partial charge >= 0.3 is 0 Å². The van der Waals surface area contributed by atoms with Crippen molar-refractivity contribution in [2.45, 2.75) is 6.04 Å². The van der Waals surface area contributed by atoms with E-state index in [-0.39, 0.29) is 49.2 Å². The molecule has 1 saturated heterocycles. The number of amides is 2. The Kier molecular flexibility index (Phi) is 9.94. The standard InChI is InChI=1S/C24H25Br4N11O5S/c25-11-4-14(34-18(11)27)21(40)32-6-10-9(3-13-20(38-24(30)36-13)31-1-2-45(42,43)44)8-39(17(10)16-7-33-23(29)37-16)22(41)15-5-12(26)19(28)35-15/h3-5,7,9-10,17,34-35H,1-2,6,8H2,(H,32,40)(H3,29,33,37)(H,42,43,44)(H3,30,31,36,38)/b13-3-/t9-,10-,17-/m1/s1. The summed E-state index contributed by atoms with van der Waals surface area (Å²) >= 11 is 13.5. The Morgan fingerprint density at radius 2 is 1.78 bits per heavy atom. The van der Waals surface area contributed by atoms with Gasteiger partial charge in [-0.15, -0.1) is 0 Å². The minimum atomic E-state index is -4.25. The Balaban J connectivity index is 1.53. The van der Waals surface area contributed by atoms with Gasteiger partial charge in [0.05, 0.1) is 54.1 Å². The first-order valence-corrected chi connectivity index (χ1v) is 17.8. The topological polar surface area (TPSA) is 253 Å². The fraction of sp³-hybridized carbons (Fsp3) is 0.292. The van der Waals surface area contributed by atoms with Gasteiger partial charge in [-0.3, -0.25) is 19.1 Å². The van der Waals surface area contributed by atoms with Crippen LogP contribution in [0.3, 0.4) is 0 Å². The molecule has 2 aliphatic rings. The summed E-state index contributed by atoms with van der Waals surface area (Å²) in [6.07, 6.45) is 3.33. The van der Waals surface area contributed by atoms with Crippen molar-refractivity contribution in [3.63, 3.8) is 0 Å². The molecule has 10 N–H and O–H groups in total. The quantitative estimate of drug-likeness (QED) is 0.147. The molecule has 2 amide bonds. The molecule has 21 heteroatoms. The number of hydrogen-bond donors (Lipinski definition) is 8. The van der Waals surface area contributed by atoms with Crippen molar-refractivity contribution in [2.75, 3.05) is 31.1 Å². The van der Waals surface area contributed by atoms with Crippen LogP contribution in [0.5, 0.6) is 0 Å². The van der Waals surface area contributed by atoms with E-state index in [2.05, 4.69) is 104 Å². The third-order valence-electron chi connectivity index (χ3n) is 7.04. The van der Waals surface area contributed by atoms with Gasteiger partial charge < -0.3 is 42.0 Å². The number of amidine groups is 1. The highest BCUT2D eigenvalue weighted by Crippen LogP contribution is 2.42. The van der Waals surface area contributed by atoms with Crippen molar-refractivity contribution < 1.29 is 22.6 Å². The molecule has 0 bridgehead atoms. The zero-order chi connectivity index (χ0) is 32.6. The maximum atomic E-state index is 14.0. The van der Waals surface area contributed by atoms with Crippen LogP contribution in [0.1, 0.15) is 32.7 Å². The van der Waals surface area contributed by atoms with Gasteiger partial charge in [-0.1, -0.05) is 6.08 Å². The SMILES string of the molecule is NC1=NC(=NCCS(=O)(=O)O)/C(=C/[C@@H]2CN(C(=O)c3cc(Br)c(Br)[nH]3)[C@@H](c3cnc(N)[nH]3)[C@@H]2CNC(=O)c2cc(Br)c(Br)[nH]2)N1. The van der Waals surface area contributed by atoms with E-state index in [0.717, 1.165) is 0 Å². The van der Waals surface area contributed by atoms with Crippen LogP contribution in [-0.4, -0.2) is 86.8 Å². The second-order valence-corrected chi connectivity index (χ2v) is 14.9. The van der Waals surface area contributed by atoms with Crippen LogP contribution in [0.2, 0.25) is 0 Å². The Morgan fingerprint density at radius 3 is 2.36 bits per heavy atom. The van der Waals surface area contributed by atoms with E-state index >= 15 is 0 Å². The third-order valence-corrected chi connectivity index (χ3v) is 11.3. The molecule has 0 radical (unpaired) electrons. The van der Waals surface area contributed by atoms with Gasteiger partial charge in [-0.2, -0.15) is 13.4 Å². The highest BCUT2D eigenvalue weighted by molar-refractivity contribution is 9.13. The molecular formula is C24H25Br4N11O5S. The molecule has 0 aromatic carbocycles.